The molecule has 102 valence electrons. The second-order valence-electron chi connectivity index (χ2n) is 4.33. The van der Waals surface area contributed by atoms with Crippen LogP contribution in [0.25, 0.3) is 0 Å². The van der Waals surface area contributed by atoms with Crippen LogP contribution in [0.15, 0.2) is 4.42 Å². The van der Waals surface area contributed by atoms with Crippen molar-refractivity contribution in [2.45, 2.75) is 27.3 Å². The minimum atomic E-state index is -0.0878. The number of carbonyl (C=O) groups is 1. The lowest BCUT2D eigenvalue weighted by Gasteiger charge is -2.07. The van der Waals surface area contributed by atoms with Gasteiger partial charge in [0.05, 0.1) is 13.1 Å². The SMILES string of the molecule is CCNCc1nnc(NCC(=O)NCC(C)C)o1. The molecule has 7 nitrogen and oxygen atoms in total. The Balaban J connectivity index is 2.26. The predicted octanol–water partition coefficient (Wildman–Crippen LogP) is 0.363. The molecule has 0 bridgehead atoms. The van der Waals surface area contributed by atoms with Crippen molar-refractivity contribution in [1.29, 1.82) is 0 Å². The molecule has 1 heterocycles. The van der Waals surface area contributed by atoms with Crippen LogP contribution in [-0.4, -0.2) is 35.7 Å². The van der Waals surface area contributed by atoms with E-state index in [4.69, 9.17) is 4.42 Å². The van der Waals surface area contributed by atoms with Gasteiger partial charge in [-0.25, -0.2) is 0 Å². The van der Waals surface area contributed by atoms with Gasteiger partial charge in [0, 0.05) is 6.54 Å². The van der Waals surface area contributed by atoms with E-state index < -0.39 is 0 Å². The first-order valence-electron chi connectivity index (χ1n) is 6.15. The summed E-state index contributed by atoms with van der Waals surface area (Å²) in [5, 5.41) is 16.3. The Labute approximate surface area is 107 Å². The van der Waals surface area contributed by atoms with Gasteiger partial charge < -0.3 is 20.4 Å². The molecule has 7 heteroatoms. The molecule has 0 atom stereocenters. The fourth-order valence-electron chi connectivity index (χ4n) is 1.16. The molecule has 1 aromatic heterocycles. The van der Waals surface area contributed by atoms with Crippen molar-refractivity contribution in [2.24, 2.45) is 5.92 Å². The summed E-state index contributed by atoms with van der Waals surface area (Å²) < 4.78 is 5.29. The van der Waals surface area contributed by atoms with Crippen LogP contribution in [0.2, 0.25) is 0 Å². The molecular weight excluding hydrogens is 234 g/mol. The third-order valence-corrected chi connectivity index (χ3v) is 2.10. The highest BCUT2D eigenvalue weighted by Gasteiger charge is 2.07. The number of rotatable bonds is 8. The molecule has 0 saturated carbocycles. The van der Waals surface area contributed by atoms with Crippen LogP contribution in [0.3, 0.4) is 0 Å². The van der Waals surface area contributed by atoms with Crippen LogP contribution in [0.5, 0.6) is 0 Å². The fourth-order valence-corrected chi connectivity index (χ4v) is 1.16. The normalized spacial score (nSPS) is 10.7. The first-order chi connectivity index (χ1) is 8.61. The molecule has 18 heavy (non-hydrogen) atoms. The van der Waals surface area contributed by atoms with Crippen LogP contribution in [0.1, 0.15) is 26.7 Å². The van der Waals surface area contributed by atoms with Crippen molar-refractivity contribution < 1.29 is 9.21 Å². The second kappa shape index (κ2) is 7.65. The number of hydrogen-bond donors (Lipinski definition) is 3. The highest BCUT2D eigenvalue weighted by molar-refractivity contribution is 5.79. The molecule has 1 aromatic rings. The molecule has 0 spiro atoms. The van der Waals surface area contributed by atoms with E-state index in [1.54, 1.807) is 0 Å². The standard InChI is InChI=1S/C11H21N5O2/c1-4-12-7-10-15-16-11(18-10)14-6-9(17)13-5-8(2)3/h8,12H,4-7H2,1-3H3,(H,13,17)(H,14,16). The monoisotopic (exact) mass is 255 g/mol. The molecule has 0 aliphatic heterocycles. The molecule has 0 radical (unpaired) electrons. The summed E-state index contributed by atoms with van der Waals surface area (Å²) in [5.41, 5.74) is 0. The molecule has 1 rings (SSSR count). The molecular formula is C11H21N5O2. The number of nitrogens with zero attached hydrogens (tertiary/aromatic N) is 2. The van der Waals surface area contributed by atoms with E-state index in [1.165, 1.54) is 0 Å². The molecule has 0 aliphatic carbocycles. The quantitative estimate of drug-likeness (QED) is 0.621. The first kappa shape index (κ1) is 14.4. The van der Waals surface area contributed by atoms with Gasteiger partial charge in [0.2, 0.25) is 11.8 Å². The van der Waals surface area contributed by atoms with E-state index in [0.29, 0.717) is 24.9 Å². The highest BCUT2D eigenvalue weighted by atomic mass is 16.4. The predicted molar refractivity (Wildman–Crippen MR) is 68.0 cm³/mol. The van der Waals surface area contributed by atoms with Gasteiger partial charge in [0.25, 0.3) is 0 Å². The largest absolute Gasteiger partial charge is 0.407 e. The summed E-state index contributed by atoms with van der Waals surface area (Å²) in [4.78, 5) is 11.4. The first-order valence-corrected chi connectivity index (χ1v) is 6.15. The fraction of sp³-hybridized carbons (Fsp3) is 0.727. The zero-order chi connectivity index (χ0) is 13.4. The van der Waals surface area contributed by atoms with Crippen LogP contribution >= 0.6 is 0 Å². The maximum Gasteiger partial charge on any atom is 0.315 e. The van der Waals surface area contributed by atoms with E-state index in [0.717, 1.165) is 6.54 Å². The maximum atomic E-state index is 11.4. The Morgan fingerprint density at radius 1 is 1.39 bits per heavy atom. The number of hydrogen-bond acceptors (Lipinski definition) is 6. The van der Waals surface area contributed by atoms with Crippen molar-refractivity contribution in [3.63, 3.8) is 0 Å². The van der Waals surface area contributed by atoms with Gasteiger partial charge in [-0.05, 0) is 12.5 Å². The topological polar surface area (TPSA) is 92.1 Å². The van der Waals surface area contributed by atoms with Crippen LogP contribution < -0.4 is 16.0 Å². The van der Waals surface area contributed by atoms with E-state index in [-0.39, 0.29) is 18.5 Å². The lowest BCUT2D eigenvalue weighted by molar-refractivity contribution is -0.119. The van der Waals surface area contributed by atoms with Crippen molar-refractivity contribution in [2.75, 3.05) is 25.0 Å². The third-order valence-electron chi connectivity index (χ3n) is 2.10. The minimum Gasteiger partial charge on any atom is -0.407 e. The summed E-state index contributed by atoms with van der Waals surface area (Å²) in [6.07, 6.45) is 0. The average molecular weight is 255 g/mol. The number of nitrogens with one attached hydrogen (secondary N) is 3. The molecule has 0 aliphatic rings. The average Bonchev–Trinajstić information content (AvgIpc) is 2.79. The molecule has 0 fully saturated rings. The van der Waals surface area contributed by atoms with Crippen LogP contribution in [0.4, 0.5) is 6.01 Å². The van der Waals surface area contributed by atoms with Crippen molar-refractivity contribution in [1.82, 2.24) is 20.8 Å². The van der Waals surface area contributed by atoms with Gasteiger partial charge >= 0.3 is 6.01 Å². The Hall–Kier alpha value is -1.63. The zero-order valence-electron chi connectivity index (χ0n) is 11.1. The number of carbonyl (C=O) groups excluding carboxylic acids is 1. The number of amides is 1. The van der Waals surface area contributed by atoms with Crippen molar-refractivity contribution >= 4 is 11.9 Å². The molecule has 1 amide bonds. The Morgan fingerprint density at radius 3 is 2.83 bits per heavy atom. The summed E-state index contributed by atoms with van der Waals surface area (Å²) in [6, 6.07) is 0.266. The summed E-state index contributed by atoms with van der Waals surface area (Å²) in [7, 11) is 0. The van der Waals surface area contributed by atoms with Crippen LogP contribution in [-0.2, 0) is 11.3 Å². The summed E-state index contributed by atoms with van der Waals surface area (Å²) in [5.74, 6) is 0.848. The van der Waals surface area contributed by atoms with Crippen molar-refractivity contribution in [3.8, 4) is 0 Å². The number of aromatic nitrogens is 2. The van der Waals surface area contributed by atoms with Gasteiger partial charge in [0.1, 0.15) is 0 Å². The van der Waals surface area contributed by atoms with E-state index in [1.807, 2.05) is 20.8 Å². The Kier molecular flexibility index (Phi) is 6.13. The van der Waals surface area contributed by atoms with Gasteiger partial charge in [0.15, 0.2) is 0 Å². The summed E-state index contributed by atoms with van der Waals surface area (Å²) >= 11 is 0. The Bertz CT molecular complexity index is 364. The van der Waals surface area contributed by atoms with E-state index in [9.17, 15) is 4.79 Å². The maximum absolute atomic E-state index is 11.4. The minimum absolute atomic E-state index is 0.0878. The molecule has 0 saturated heterocycles. The smallest absolute Gasteiger partial charge is 0.315 e. The van der Waals surface area contributed by atoms with Gasteiger partial charge in [-0.3, -0.25) is 4.79 Å². The third kappa shape index (κ3) is 5.62. The van der Waals surface area contributed by atoms with Gasteiger partial charge in [-0.2, -0.15) is 0 Å². The van der Waals surface area contributed by atoms with Crippen LogP contribution in [0, 0.1) is 5.92 Å². The number of anilines is 1. The molecule has 0 aromatic carbocycles. The van der Waals surface area contributed by atoms with Crippen molar-refractivity contribution in [3.05, 3.63) is 5.89 Å². The van der Waals surface area contributed by atoms with Gasteiger partial charge in [-0.15, -0.1) is 5.10 Å². The molecule has 0 unspecified atom stereocenters. The van der Waals surface area contributed by atoms with E-state index >= 15 is 0 Å². The van der Waals surface area contributed by atoms with E-state index in [2.05, 4.69) is 26.1 Å². The lowest BCUT2D eigenvalue weighted by Crippen LogP contribution is -2.32. The second-order valence-corrected chi connectivity index (χ2v) is 4.33. The molecule has 3 N–H and O–H groups in total. The van der Waals surface area contributed by atoms with Gasteiger partial charge in [-0.1, -0.05) is 25.9 Å². The highest BCUT2D eigenvalue weighted by Crippen LogP contribution is 2.04. The summed E-state index contributed by atoms with van der Waals surface area (Å²) in [6.45, 7) is 8.24. The zero-order valence-corrected chi connectivity index (χ0v) is 11.1. The lowest BCUT2D eigenvalue weighted by atomic mass is 10.2. The Morgan fingerprint density at radius 2 is 2.17 bits per heavy atom.